The van der Waals surface area contributed by atoms with Crippen LogP contribution in [-0.2, 0) is 0 Å². The molecule has 0 bridgehead atoms. The van der Waals surface area contributed by atoms with Crippen LogP contribution in [0.25, 0.3) is 0 Å². The van der Waals surface area contributed by atoms with Crippen molar-refractivity contribution in [2.24, 2.45) is 0 Å². The molecule has 0 saturated carbocycles. The lowest BCUT2D eigenvalue weighted by atomic mass is 10.1. The first-order chi connectivity index (χ1) is 8.86. The molecule has 0 amide bonds. The molecule has 0 fully saturated rings. The zero-order valence-corrected chi connectivity index (χ0v) is 9.67. The summed E-state index contributed by atoms with van der Waals surface area (Å²) < 4.78 is 11.2. The van der Waals surface area contributed by atoms with Crippen molar-refractivity contribution in [3.8, 4) is 17.2 Å². The average molecular weight is 243 g/mol. The molecule has 3 rings (SSSR count). The van der Waals surface area contributed by atoms with E-state index >= 15 is 0 Å². The Kier molecular flexibility index (Phi) is 2.88. The van der Waals surface area contributed by atoms with Crippen molar-refractivity contribution in [2.75, 3.05) is 6.61 Å². The molecule has 1 aliphatic heterocycles. The van der Waals surface area contributed by atoms with Gasteiger partial charge in [0.15, 0.2) is 0 Å². The zero-order chi connectivity index (χ0) is 12.4. The predicted molar refractivity (Wildman–Crippen MR) is 66.1 cm³/mol. The van der Waals surface area contributed by atoms with Crippen LogP contribution in [0.1, 0.15) is 11.6 Å². The maximum atomic E-state index is 8.96. The molecule has 4 heteroatoms. The Morgan fingerprint density at radius 3 is 2.72 bits per heavy atom. The second kappa shape index (κ2) is 4.68. The van der Waals surface area contributed by atoms with E-state index in [1.165, 1.54) is 0 Å². The minimum atomic E-state index is -0.161. The van der Waals surface area contributed by atoms with Crippen LogP contribution in [0.15, 0.2) is 48.5 Å². The van der Waals surface area contributed by atoms with Crippen molar-refractivity contribution < 1.29 is 14.7 Å². The molecule has 92 valence electrons. The fourth-order valence-corrected chi connectivity index (χ4v) is 1.99. The molecule has 0 aliphatic carbocycles. The largest absolute Gasteiger partial charge is 0.491 e. The summed E-state index contributed by atoms with van der Waals surface area (Å²) in [4.78, 5) is 0. The van der Waals surface area contributed by atoms with Crippen LogP contribution in [0.3, 0.4) is 0 Å². The number of hydroxylamine groups is 1. The van der Waals surface area contributed by atoms with Gasteiger partial charge < -0.3 is 14.7 Å². The number of hydrogen-bond donors (Lipinski definition) is 2. The van der Waals surface area contributed by atoms with Crippen molar-refractivity contribution in [1.82, 2.24) is 5.48 Å². The van der Waals surface area contributed by atoms with Gasteiger partial charge in [-0.05, 0) is 24.3 Å². The summed E-state index contributed by atoms with van der Waals surface area (Å²) in [6, 6.07) is 15.0. The molecule has 0 radical (unpaired) electrons. The molecule has 2 aromatic rings. The molecule has 0 spiro atoms. The van der Waals surface area contributed by atoms with Crippen LogP contribution in [0.2, 0.25) is 0 Å². The van der Waals surface area contributed by atoms with Gasteiger partial charge in [-0.15, -0.1) is 0 Å². The number of hydrogen-bond acceptors (Lipinski definition) is 4. The summed E-state index contributed by atoms with van der Waals surface area (Å²) in [6.45, 7) is 0.431. The molecule has 4 nitrogen and oxygen atoms in total. The molecular formula is C14H13NO3. The number of benzene rings is 2. The van der Waals surface area contributed by atoms with Crippen molar-refractivity contribution >= 4 is 0 Å². The van der Waals surface area contributed by atoms with Gasteiger partial charge in [0.2, 0.25) is 0 Å². The lowest BCUT2D eigenvalue weighted by Gasteiger charge is -2.08. The van der Waals surface area contributed by atoms with Crippen molar-refractivity contribution in [3.05, 3.63) is 54.1 Å². The molecule has 18 heavy (non-hydrogen) atoms. The predicted octanol–water partition coefficient (Wildman–Crippen LogP) is 2.89. The summed E-state index contributed by atoms with van der Waals surface area (Å²) in [5.41, 5.74) is 3.17. The highest BCUT2D eigenvalue weighted by molar-refractivity contribution is 5.46. The second-order valence-corrected chi connectivity index (χ2v) is 4.11. The molecule has 2 aromatic carbocycles. The number of nitrogens with one attached hydrogen (secondary N) is 1. The van der Waals surface area contributed by atoms with Gasteiger partial charge in [-0.3, -0.25) is 0 Å². The minimum absolute atomic E-state index is 0.161. The maximum Gasteiger partial charge on any atom is 0.131 e. The maximum absolute atomic E-state index is 8.96. The Balaban J connectivity index is 1.84. The number of para-hydroxylation sites is 1. The Labute approximate surface area is 105 Å². The standard InChI is InChI=1S/C14H13NO3/c16-15-13-9-17-14-8-11(6-7-12(13)14)18-10-4-2-1-3-5-10/h1-8,13,15-16H,9H2. The highest BCUT2D eigenvalue weighted by Crippen LogP contribution is 2.36. The van der Waals surface area contributed by atoms with Crippen molar-refractivity contribution in [1.29, 1.82) is 0 Å². The topological polar surface area (TPSA) is 50.7 Å². The van der Waals surface area contributed by atoms with E-state index in [1.807, 2.05) is 48.5 Å². The molecule has 1 aliphatic rings. The highest BCUT2D eigenvalue weighted by atomic mass is 16.5. The fraction of sp³-hybridized carbons (Fsp3) is 0.143. The summed E-state index contributed by atoms with van der Waals surface area (Å²) in [5, 5.41) is 8.96. The van der Waals surface area contributed by atoms with Gasteiger partial charge in [-0.25, -0.2) is 0 Å². The van der Waals surface area contributed by atoms with Crippen molar-refractivity contribution in [3.63, 3.8) is 0 Å². The molecule has 0 aromatic heterocycles. The van der Waals surface area contributed by atoms with Crippen LogP contribution in [-0.4, -0.2) is 11.8 Å². The Bertz CT molecular complexity index is 542. The van der Waals surface area contributed by atoms with E-state index in [0.717, 1.165) is 22.8 Å². The number of ether oxygens (including phenoxy) is 2. The molecular weight excluding hydrogens is 230 g/mol. The number of fused-ring (bicyclic) bond motifs is 1. The van der Waals surface area contributed by atoms with Crippen LogP contribution < -0.4 is 15.0 Å². The molecule has 2 N–H and O–H groups in total. The first kappa shape index (κ1) is 11.1. The summed E-state index contributed by atoms with van der Waals surface area (Å²) in [6.07, 6.45) is 0. The lowest BCUT2D eigenvalue weighted by Crippen LogP contribution is -2.17. The van der Waals surface area contributed by atoms with E-state index in [0.29, 0.717) is 6.61 Å². The van der Waals surface area contributed by atoms with Gasteiger partial charge in [0, 0.05) is 11.6 Å². The van der Waals surface area contributed by atoms with Gasteiger partial charge in [0.05, 0.1) is 6.04 Å². The van der Waals surface area contributed by atoms with E-state index in [-0.39, 0.29) is 6.04 Å². The fourth-order valence-electron chi connectivity index (χ4n) is 1.99. The summed E-state index contributed by atoms with van der Waals surface area (Å²) >= 11 is 0. The van der Waals surface area contributed by atoms with E-state index in [4.69, 9.17) is 14.7 Å². The molecule has 1 heterocycles. The van der Waals surface area contributed by atoms with Crippen LogP contribution in [0.4, 0.5) is 0 Å². The molecule has 1 atom stereocenters. The Morgan fingerprint density at radius 1 is 1.11 bits per heavy atom. The van der Waals surface area contributed by atoms with Gasteiger partial charge in [-0.2, -0.15) is 5.48 Å². The van der Waals surface area contributed by atoms with Gasteiger partial charge in [0.1, 0.15) is 23.9 Å². The van der Waals surface area contributed by atoms with E-state index in [9.17, 15) is 0 Å². The quantitative estimate of drug-likeness (QED) is 0.814. The number of rotatable bonds is 3. The average Bonchev–Trinajstić information content (AvgIpc) is 2.82. The molecule has 1 unspecified atom stereocenters. The zero-order valence-electron chi connectivity index (χ0n) is 9.67. The summed E-state index contributed by atoms with van der Waals surface area (Å²) in [7, 11) is 0. The van der Waals surface area contributed by atoms with Crippen LogP contribution >= 0.6 is 0 Å². The third-order valence-electron chi connectivity index (χ3n) is 2.90. The lowest BCUT2D eigenvalue weighted by molar-refractivity contribution is 0.113. The Hall–Kier alpha value is -2.04. The van der Waals surface area contributed by atoms with E-state index in [2.05, 4.69) is 5.48 Å². The van der Waals surface area contributed by atoms with Gasteiger partial charge >= 0.3 is 0 Å². The van der Waals surface area contributed by atoms with Crippen LogP contribution in [0.5, 0.6) is 17.2 Å². The monoisotopic (exact) mass is 243 g/mol. The highest BCUT2D eigenvalue weighted by Gasteiger charge is 2.23. The third kappa shape index (κ3) is 2.03. The smallest absolute Gasteiger partial charge is 0.131 e. The second-order valence-electron chi connectivity index (χ2n) is 4.11. The molecule has 0 saturated heterocycles. The third-order valence-corrected chi connectivity index (χ3v) is 2.90. The van der Waals surface area contributed by atoms with Gasteiger partial charge in [-0.1, -0.05) is 18.2 Å². The van der Waals surface area contributed by atoms with Crippen molar-refractivity contribution in [2.45, 2.75) is 6.04 Å². The van der Waals surface area contributed by atoms with Gasteiger partial charge in [0.25, 0.3) is 0 Å². The first-order valence-electron chi connectivity index (χ1n) is 5.76. The minimum Gasteiger partial charge on any atom is -0.491 e. The van der Waals surface area contributed by atoms with Crippen LogP contribution in [0, 0.1) is 0 Å². The van der Waals surface area contributed by atoms with E-state index in [1.54, 1.807) is 0 Å². The first-order valence-corrected chi connectivity index (χ1v) is 5.76. The normalized spacial score (nSPS) is 17.1. The van der Waals surface area contributed by atoms with E-state index < -0.39 is 0 Å². The Morgan fingerprint density at radius 2 is 1.94 bits per heavy atom. The summed E-state index contributed by atoms with van der Waals surface area (Å²) in [5.74, 6) is 2.25. The SMILES string of the molecule is ONC1COc2cc(Oc3ccccc3)ccc21.